The fourth-order valence-electron chi connectivity index (χ4n) is 1.03. The van der Waals surface area contributed by atoms with Gasteiger partial charge in [-0.2, -0.15) is 4.68 Å². The summed E-state index contributed by atoms with van der Waals surface area (Å²) in [5.41, 5.74) is 6.28. The second-order valence-electron chi connectivity index (χ2n) is 2.81. The van der Waals surface area contributed by atoms with Crippen molar-refractivity contribution in [2.45, 2.75) is 13.5 Å². The van der Waals surface area contributed by atoms with Crippen molar-refractivity contribution >= 4 is 0 Å². The summed E-state index contributed by atoms with van der Waals surface area (Å²) in [6, 6.07) is 1.82. The van der Waals surface area contributed by atoms with E-state index < -0.39 is 0 Å². The van der Waals surface area contributed by atoms with E-state index in [4.69, 9.17) is 5.73 Å². The number of aryl methyl sites for hydroxylation is 1. The van der Waals surface area contributed by atoms with Crippen LogP contribution in [0.2, 0.25) is 0 Å². The standard InChI is InChI=1S/C8H10N6/c1-6-2-3-10-8(12-6)14-5-11-7(4-9)13-14/h2-3,5H,4,9H2,1H3. The van der Waals surface area contributed by atoms with Crippen LogP contribution in [0.1, 0.15) is 11.5 Å². The maximum absolute atomic E-state index is 5.39. The Morgan fingerprint density at radius 1 is 1.43 bits per heavy atom. The van der Waals surface area contributed by atoms with Crippen molar-refractivity contribution in [1.82, 2.24) is 24.7 Å². The smallest absolute Gasteiger partial charge is 0.252 e. The van der Waals surface area contributed by atoms with Gasteiger partial charge in [0, 0.05) is 11.9 Å². The molecule has 2 N–H and O–H groups in total. The first-order chi connectivity index (χ1) is 6.79. The predicted octanol–water partition coefficient (Wildman–Crippen LogP) is -0.176. The van der Waals surface area contributed by atoms with E-state index in [1.54, 1.807) is 12.5 Å². The molecule has 14 heavy (non-hydrogen) atoms. The maximum atomic E-state index is 5.39. The van der Waals surface area contributed by atoms with Gasteiger partial charge in [0.2, 0.25) is 0 Å². The van der Waals surface area contributed by atoms with Crippen LogP contribution in [0.3, 0.4) is 0 Å². The molecule has 0 saturated carbocycles. The first kappa shape index (κ1) is 8.76. The lowest BCUT2D eigenvalue weighted by Crippen LogP contribution is -2.04. The van der Waals surface area contributed by atoms with E-state index >= 15 is 0 Å². The van der Waals surface area contributed by atoms with Gasteiger partial charge in [0.05, 0.1) is 6.54 Å². The summed E-state index contributed by atoms with van der Waals surface area (Å²) in [5.74, 6) is 1.09. The van der Waals surface area contributed by atoms with Crippen molar-refractivity contribution in [1.29, 1.82) is 0 Å². The van der Waals surface area contributed by atoms with Gasteiger partial charge in [-0.15, -0.1) is 5.10 Å². The molecule has 0 bridgehead atoms. The monoisotopic (exact) mass is 190 g/mol. The summed E-state index contributed by atoms with van der Waals surface area (Å²) < 4.78 is 1.51. The van der Waals surface area contributed by atoms with Gasteiger partial charge in [0.15, 0.2) is 5.82 Å². The van der Waals surface area contributed by atoms with Crippen LogP contribution in [0, 0.1) is 6.92 Å². The van der Waals surface area contributed by atoms with Crippen LogP contribution < -0.4 is 5.73 Å². The first-order valence-corrected chi connectivity index (χ1v) is 4.20. The maximum Gasteiger partial charge on any atom is 0.252 e. The van der Waals surface area contributed by atoms with Crippen LogP contribution in [0.4, 0.5) is 0 Å². The van der Waals surface area contributed by atoms with Gasteiger partial charge in [0.1, 0.15) is 6.33 Å². The molecule has 2 aromatic rings. The van der Waals surface area contributed by atoms with Crippen LogP contribution in [0.5, 0.6) is 0 Å². The zero-order valence-corrected chi connectivity index (χ0v) is 7.75. The van der Waals surface area contributed by atoms with Crippen LogP contribution in [0.15, 0.2) is 18.6 Å². The van der Waals surface area contributed by atoms with Crippen molar-refractivity contribution < 1.29 is 0 Å². The molecule has 0 amide bonds. The SMILES string of the molecule is Cc1ccnc(-n2cnc(CN)n2)n1. The summed E-state index contributed by atoms with van der Waals surface area (Å²) in [6.07, 6.45) is 3.23. The molecule has 6 heteroatoms. The Balaban J connectivity index is 2.39. The third-order valence-electron chi connectivity index (χ3n) is 1.71. The molecule has 0 unspecified atom stereocenters. The lowest BCUT2D eigenvalue weighted by molar-refractivity contribution is 0.775. The van der Waals surface area contributed by atoms with Gasteiger partial charge >= 0.3 is 0 Å². The fourth-order valence-corrected chi connectivity index (χ4v) is 1.03. The summed E-state index contributed by atoms with van der Waals surface area (Å²) in [6.45, 7) is 2.21. The number of nitrogens with two attached hydrogens (primary N) is 1. The van der Waals surface area contributed by atoms with Gasteiger partial charge in [0.25, 0.3) is 5.95 Å². The Bertz CT molecular complexity index is 435. The van der Waals surface area contributed by atoms with Crippen molar-refractivity contribution in [3.05, 3.63) is 30.1 Å². The first-order valence-electron chi connectivity index (χ1n) is 4.20. The summed E-state index contributed by atoms with van der Waals surface area (Å²) >= 11 is 0. The summed E-state index contributed by atoms with van der Waals surface area (Å²) in [7, 11) is 0. The summed E-state index contributed by atoms with van der Waals surface area (Å²) in [5, 5.41) is 4.10. The Labute approximate surface area is 80.8 Å². The molecule has 0 aliphatic carbocycles. The molecule has 0 atom stereocenters. The molecule has 0 radical (unpaired) electrons. The van der Waals surface area contributed by atoms with Gasteiger partial charge in [-0.25, -0.2) is 15.0 Å². The van der Waals surface area contributed by atoms with Gasteiger partial charge < -0.3 is 5.73 Å². The van der Waals surface area contributed by atoms with Crippen molar-refractivity contribution in [3.63, 3.8) is 0 Å². The van der Waals surface area contributed by atoms with Crippen molar-refractivity contribution in [3.8, 4) is 5.95 Å². The lowest BCUT2D eigenvalue weighted by Gasteiger charge is -1.97. The van der Waals surface area contributed by atoms with Crippen molar-refractivity contribution in [2.24, 2.45) is 5.73 Å². The molecule has 6 nitrogen and oxygen atoms in total. The van der Waals surface area contributed by atoms with Gasteiger partial charge in [-0.1, -0.05) is 0 Å². The highest BCUT2D eigenvalue weighted by Gasteiger charge is 2.02. The molecule has 0 saturated heterocycles. The molecule has 0 aromatic carbocycles. The third-order valence-corrected chi connectivity index (χ3v) is 1.71. The molecule has 0 aliphatic heterocycles. The molecular formula is C8H10N6. The molecule has 0 aliphatic rings. The number of nitrogens with zero attached hydrogens (tertiary/aromatic N) is 5. The van der Waals surface area contributed by atoms with E-state index in [1.807, 2.05) is 13.0 Å². The minimum absolute atomic E-state index is 0.318. The molecule has 2 heterocycles. The molecule has 0 fully saturated rings. The van der Waals surface area contributed by atoms with Crippen LogP contribution >= 0.6 is 0 Å². The number of rotatable bonds is 2. The van der Waals surface area contributed by atoms with E-state index in [1.165, 1.54) is 4.68 Å². The average molecular weight is 190 g/mol. The van der Waals surface area contributed by atoms with Crippen LogP contribution in [0.25, 0.3) is 5.95 Å². The largest absolute Gasteiger partial charge is 0.324 e. The Hall–Kier alpha value is -1.82. The third kappa shape index (κ3) is 1.60. The molecule has 2 rings (SSSR count). The Morgan fingerprint density at radius 2 is 2.29 bits per heavy atom. The Morgan fingerprint density at radius 3 is 2.93 bits per heavy atom. The lowest BCUT2D eigenvalue weighted by atomic mass is 10.5. The molecule has 2 aromatic heterocycles. The zero-order chi connectivity index (χ0) is 9.97. The minimum atomic E-state index is 0.318. The van der Waals surface area contributed by atoms with E-state index in [-0.39, 0.29) is 0 Å². The minimum Gasteiger partial charge on any atom is -0.324 e. The van der Waals surface area contributed by atoms with E-state index in [2.05, 4.69) is 20.1 Å². The second kappa shape index (κ2) is 3.51. The zero-order valence-electron chi connectivity index (χ0n) is 7.75. The average Bonchev–Trinajstić information content (AvgIpc) is 2.66. The predicted molar refractivity (Wildman–Crippen MR) is 49.6 cm³/mol. The quantitative estimate of drug-likeness (QED) is 0.710. The highest BCUT2D eigenvalue weighted by atomic mass is 15.4. The highest BCUT2D eigenvalue weighted by molar-refractivity contribution is 5.11. The molecular weight excluding hydrogens is 180 g/mol. The van der Waals surface area contributed by atoms with Gasteiger partial charge in [-0.05, 0) is 13.0 Å². The molecule has 72 valence electrons. The van der Waals surface area contributed by atoms with Crippen LogP contribution in [-0.2, 0) is 6.54 Å². The van der Waals surface area contributed by atoms with Crippen LogP contribution in [-0.4, -0.2) is 24.7 Å². The summed E-state index contributed by atoms with van der Waals surface area (Å²) in [4.78, 5) is 12.3. The fraction of sp³-hybridized carbons (Fsp3) is 0.250. The topological polar surface area (TPSA) is 82.5 Å². The Kier molecular flexibility index (Phi) is 2.19. The van der Waals surface area contributed by atoms with E-state index in [9.17, 15) is 0 Å². The van der Waals surface area contributed by atoms with Gasteiger partial charge in [-0.3, -0.25) is 0 Å². The number of hydrogen-bond acceptors (Lipinski definition) is 5. The van der Waals surface area contributed by atoms with Crippen molar-refractivity contribution in [2.75, 3.05) is 0 Å². The van der Waals surface area contributed by atoms with E-state index in [0.29, 0.717) is 18.3 Å². The molecule has 0 spiro atoms. The second-order valence-corrected chi connectivity index (χ2v) is 2.81. The van der Waals surface area contributed by atoms with E-state index in [0.717, 1.165) is 5.69 Å². The number of hydrogen-bond donors (Lipinski definition) is 1. The number of aromatic nitrogens is 5. The highest BCUT2D eigenvalue weighted by Crippen LogP contribution is 1.99. The normalized spacial score (nSPS) is 10.4.